The fourth-order valence-corrected chi connectivity index (χ4v) is 1.49. The Bertz CT molecular complexity index is 639. The SMILES string of the molecule is O=C(CCc1noc(C(F)(F)F)n1)Nc1cccc(F)c1. The summed E-state index contributed by atoms with van der Waals surface area (Å²) in [5.74, 6) is -2.69. The number of benzene rings is 1. The van der Waals surface area contributed by atoms with E-state index in [4.69, 9.17) is 0 Å². The molecule has 0 saturated heterocycles. The molecule has 1 aromatic heterocycles. The van der Waals surface area contributed by atoms with E-state index in [1.54, 1.807) is 0 Å². The number of hydrogen-bond acceptors (Lipinski definition) is 4. The maximum absolute atomic E-state index is 12.9. The van der Waals surface area contributed by atoms with Gasteiger partial charge in [-0.15, -0.1) is 0 Å². The summed E-state index contributed by atoms with van der Waals surface area (Å²) in [4.78, 5) is 14.7. The first-order valence-corrected chi connectivity index (χ1v) is 5.80. The largest absolute Gasteiger partial charge is 0.471 e. The zero-order valence-corrected chi connectivity index (χ0v) is 10.4. The van der Waals surface area contributed by atoms with E-state index in [0.29, 0.717) is 0 Å². The van der Waals surface area contributed by atoms with Crippen molar-refractivity contribution in [3.8, 4) is 0 Å². The van der Waals surface area contributed by atoms with Gasteiger partial charge in [0.05, 0.1) is 0 Å². The van der Waals surface area contributed by atoms with Crippen LogP contribution < -0.4 is 5.32 Å². The molecule has 0 aliphatic heterocycles. The van der Waals surface area contributed by atoms with Crippen molar-refractivity contribution in [1.29, 1.82) is 0 Å². The number of anilines is 1. The summed E-state index contributed by atoms with van der Waals surface area (Å²) in [7, 11) is 0. The Morgan fingerprint density at radius 3 is 2.71 bits per heavy atom. The van der Waals surface area contributed by atoms with Crippen LogP contribution in [0.4, 0.5) is 23.2 Å². The van der Waals surface area contributed by atoms with Crippen molar-refractivity contribution in [3.05, 3.63) is 41.8 Å². The van der Waals surface area contributed by atoms with Crippen LogP contribution in [0.2, 0.25) is 0 Å². The third-order valence-corrected chi connectivity index (χ3v) is 2.39. The molecule has 0 aliphatic rings. The quantitative estimate of drug-likeness (QED) is 0.882. The third kappa shape index (κ3) is 4.26. The molecule has 21 heavy (non-hydrogen) atoms. The number of nitrogens with zero attached hydrogens (tertiary/aromatic N) is 2. The highest BCUT2D eigenvalue weighted by molar-refractivity contribution is 5.90. The second-order valence-electron chi connectivity index (χ2n) is 4.07. The molecule has 9 heteroatoms. The number of aromatic nitrogens is 2. The van der Waals surface area contributed by atoms with Crippen LogP contribution in [0.5, 0.6) is 0 Å². The normalized spacial score (nSPS) is 11.4. The van der Waals surface area contributed by atoms with Gasteiger partial charge >= 0.3 is 12.1 Å². The lowest BCUT2D eigenvalue weighted by molar-refractivity contribution is -0.159. The fraction of sp³-hybridized carbons (Fsp3) is 0.250. The second-order valence-corrected chi connectivity index (χ2v) is 4.07. The number of carbonyl (C=O) groups excluding carboxylic acids is 1. The first-order valence-electron chi connectivity index (χ1n) is 5.80. The Morgan fingerprint density at radius 1 is 1.33 bits per heavy atom. The maximum Gasteiger partial charge on any atom is 0.471 e. The van der Waals surface area contributed by atoms with Gasteiger partial charge < -0.3 is 9.84 Å². The number of halogens is 4. The number of aryl methyl sites for hydroxylation is 1. The Morgan fingerprint density at radius 2 is 2.10 bits per heavy atom. The minimum absolute atomic E-state index is 0.124. The van der Waals surface area contributed by atoms with E-state index >= 15 is 0 Å². The maximum atomic E-state index is 12.9. The van der Waals surface area contributed by atoms with Crippen LogP contribution in [0.1, 0.15) is 18.1 Å². The smallest absolute Gasteiger partial charge is 0.329 e. The van der Waals surface area contributed by atoms with Crippen molar-refractivity contribution in [2.24, 2.45) is 0 Å². The number of nitrogens with one attached hydrogen (secondary N) is 1. The zero-order chi connectivity index (χ0) is 15.5. The molecule has 0 unspecified atom stereocenters. The summed E-state index contributed by atoms with van der Waals surface area (Å²) in [5, 5.41) is 5.53. The molecular formula is C12H9F4N3O2. The minimum Gasteiger partial charge on any atom is -0.329 e. The highest BCUT2D eigenvalue weighted by Gasteiger charge is 2.38. The predicted octanol–water partition coefficient (Wildman–Crippen LogP) is 2.80. The molecule has 0 saturated carbocycles. The van der Waals surface area contributed by atoms with Gasteiger partial charge in [-0.2, -0.15) is 18.2 Å². The van der Waals surface area contributed by atoms with E-state index in [9.17, 15) is 22.4 Å². The van der Waals surface area contributed by atoms with Gasteiger partial charge in [0, 0.05) is 18.5 Å². The van der Waals surface area contributed by atoms with E-state index in [-0.39, 0.29) is 24.4 Å². The average Bonchev–Trinajstić information content (AvgIpc) is 2.85. The topological polar surface area (TPSA) is 68.0 Å². The number of carbonyl (C=O) groups is 1. The number of rotatable bonds is 4. The van der Waals surface area contributed by atoms with Crippen LogP contribution in [0.3, 0.4) is 0 Å². The average molecular weight is 303 g/mol. The highest BCUT2D eigenvalue weighted by Crippen LogP contribution is 2.27. The van der Waals surface area contributed by atoms with E-state index < -0.39 is 23.8 Å². The molecule has 5 nitrogen and oxygen atoms in total. The molecule has 1 amide bonds. The molecule has 1 heterocycles. The molecular weight excluding hydrogens is 294 g/mol. The molecule has 0 spiro atoms. The van der Waals surface area contributed by atoms with Crippen LogP contribution in [0.15, 0.2) is 28.8 Å². The van der Waals surface area contributed by atoms with Gasteiger partial charge in [0.1, 0.15) is 5.82 Å². The third-order valence-electron chi connectivity index (χ3n) is 2.39. The van der Waals surface area contributed by atoms with Gasteiger partial charge in [0.25, 0.3) is 0 Å². The molecule has 1 aromatic carbocycles. The van der Waals surface area contributed by atoms with Crippen LogP contribution in [0, 0.1) is 5.82 Å². The summed E-state index contributed by atoms with van der Waals surface area (Å²) in [6, 6.07) is 5.23. The van der Waals surface area contributed by atoms with Gasteiger partial charge in [-0.3, -0.25) is 4.79 Å². The Labute approximate surface area is 116 Å². The first-order chi connectivity index (χ1) is 9.84. The Kier molecular flexibility index (Phi) is 4.20. The predicted molar refractivity (Wildman–Crippen MR) is 62.7 cm³/mol. The van der Waals surface area contributed by atoms with Gasteiger partial charge in [-0.05, 0) is 18.2 Å². The monoisotopic (exact) mass is 303 g/mol. The van der Waals surface area contributed by atoms with Crippen LogP contribution in [-0.2, 0) is 17.4 Å². The fourth-order valence-electron chi connectivity index (χ4n) is 1.49. The van der Waals surface area contributed by atoms with E-state index in [2.05, 4.69) is 20.0 Å². The standard InChI is InChI=1S/C12H9F4N3O2/c13-7-2-1-3-8(6-7)17-10(20)5-4-9-18-11(21-19-9)12(14,15)16/h1-3,6H,4-5H2,(H,17,20). The van der Waals surface area contributed by atoms with Crippen molar-refractivity contribution in [2.45, 2.75) is 19.0 Å². The molecule has 112 valence electrons. The van der Waals surface area contributed by atoms with Crippen molar-refractivity contribution >= 4 is 11.6 Å². The minimum atomic E-state index is -4.71. The van der Waals surface area contributed by atoms with Crippen molar-refractivity contribution in [1.82, 2.24) is 10.1 Å². The highest BCUT2D eigenvalue weighted by atomic mass is 19.4. The molecule has 0 atom stereocenters. The Balaban J connectivity index is 1.88. The molecule has 0 radical (unpaired) electrons. The van der Waals surface area contributed by atoms with E-state index in [1.165, 1.54) is 18.2 Å². The van der Waals surface area contributed by atoms with E-state index in [0.717, 1.165) is 6.07 Å². The molecule has 2 rings (SSSR count). The van der Waals surface area contributed by atoms with Crippen LogP contribution in [-0.4, -0.2) is 16.0 Å². The van der Waals surface area contributed by atoms with Crippen molar-refractivity contribution < 1.29 is 26.9 Å². The lowest BCUT2D eigenvalue weighted by atomic mass is 10.2. The summed E-state index contributed by atoms with van der Waals surface area (Å²) < 4.78 is 53.6. The molecule has 2 aromatic rings. The van der Waals surface area contributed by atoms with Gasteiger partial charge in [0.15, 0.2) is 5.82 Å². The summed E-state index contributed by atoms with van der Waals surface area (Å²) >= 11 is 0. The van der Waals surface area contributed by atoms with Gasteiger partial charge in [-0.1, -0.05) is 11.2 Å². The Hall–Kier alpha value is -2.45. The van der Waals surface area contributed by atoms with Crippen LogP contribution >= 0.6 is 0 Å². The zero-order valence-electron chi connectivity index (χ0n) is 10.4. The summed E-state index contributed by atoms with van der Waals surface area (Å²) in [6.07, 6.45) is -5.00. The van der Waals surface area contributed by atoms with Crippen LogP contribution in [0.25, 0.3) is 0 Å². The summed E-state index contributed by atoms with van der Waals surface area (Å²) in [5.41, 5.74) is 0.254. The second kappa shape index (κ2) is 5.90. The van der Waals surface area contributed by atoms with E-state index in [1.807, 2.05) is 0 Å². The number of alkyl halides is 3. The number of hydrogen-bond donors (Lipinski definition) is 1. The molecule has 0 aliphatic carbocycles. The number of amides is 1. The molecule has 0 bridgehead atoms. The lowest BCUT2D eigenvalue weighted by Crippen LogP contribution is -2.13. The lowest BCUT2D eigenvalue weighted by Gasteiger charge is -2.03. The van der Waals surface area contributed by atoms with Crippen molar-refractivity contribution in [3.63, 3.8) is 0 Å². The van der Waals surface area contributed by atoms with Gasteiger partial charge in [-0.25, -0.2) is 4.39 Å². The molecule has 1 N–H and O–H groups in total. The van der Waals surface area contributed by atoms with Gasteiger partial charge in [0.2, 0.25) is 5.91 Å². The van der Waals surface area contributed by atoms with Crippen molar-refractivity contribution in [2.75, 3.05) is 5.32 Å². The molecule has 0 fully saturated rings. The summed E-state index contributed by atoms with van der Waals surface area (Å²) in [6.45, 7) is 0. The first kappa shape index (κ1) is 14.9.